The normalized spacial score (nSPS) is 13.9. The molecule has 1 unspecified atom stereocenters. The number of allylic oxidation sites excluding steroid dienone is 11. The van der Waals surface area contributed by atoms with Crippen LogP contribution in [0.5, 0.6) is 0 Å². The molecule has 6 heteroatoms. The van der Waals surface area contributed by atoms with Crippen LogP contribution < -0.4 is 0 Å². The maximum Gasteiger partial charge on any atom is 0.306 e. The maximum atomic E-state index is 12.1. The number of ether oxygens (including phenoxy) is 2. The number of aliphatic hydroxyl groups excluding tert-OH is 2. The number of aliphatic hydroxyl groups is 2. The van der Waals surface area contributed by atoms with E-state index in [-0.39, 0.29) is 25.4 Å². The predicted octanol–water partition coefficient (Wildman–Crippen LogP) is 9.44. The van der Waals surface area contributed by atoms with Gasteiger partial charge in [-0.05, 0) is 50.9 Å². The van der Waals surface area contributed by atoms with Gasteiger partial charge in [0.05, 0.1) is 12.7 Å². The zero-order valence-corrected chi connectivity index (χ0v) is 28.6. The molecule has 0 spiro atoms. The van der Waals surface area contributed by atoms with Gasteiger partial charge in [-0.15, -0.1) is 0 Å². The molecule has 2 N–H and O–H groups in total. The molecular formula is C39H64O6. The molecule has 256 valence electrons. The SMILES string of the molecule is CC/C=C\C/C=C\C/C=C\C/C=C\C/C=C\C=C/C(O)CCC(=O)OC[C@H](CO)OC(=O)CCCCCCCCCCC(C)C. The highest BCUT2D eigenvalue weighted by molar-refractivity contribution is 5.70. The number of hydrogen-bond acceptors (Lipinski definition) is 6. The molecule has 0 amide bonds. The number of unbranched alkanes of at least 4 members (excludes halogenated alkanes) is 7. The van der Waals surface area contributed by atoms with Crippen molar-refractivity contribution in [2.75, 3.05) is 13.2 Å². The molecule has 0 saturated heterocycles. The summed E-state index contributed by atoms with van der Waals surface area (Å²) in [7, 11) is 0. The first-order chi connectivity index (χ1) is 21.9. The average Bonchev–Trinajstić information content (AvgIpc) is 3.02. The second-order valence-corrected chi connectivity index (χ2v) is 11.9. The van der Waals surface area contributed by atoms with E-state index in [1.165, 1.54) is 38.5 Å². The van der Waals surface area contributed by atoms with E-state index in [0.29, 0.717) is 6.42 Å². The summed E-state index contributed by atoms with van der Waals surface area (Å²) in [5.74, 6) is -0.0964. The van der Waals surface area contributed by atoms with E-state index in [1.54, 1.807) is 12.2 Å². The molecule has 0 aliphatic heterocycles. The van der Waals surface area contributed by atoms with Gasteiger partial charge in [-0.1, -0.05) is 145 Å². The van der Waals surface area contributed by atoms with Crippen molar-refractivity contribution in [1.29, 1.82) is 0 Å². The van der Waals surface area contributed by atoms with Crippen molar-refractivity contribution in [3.63, 3.8) is 0 Å². The summed E-state index contributed by atoms with van der Waals surface area (Å²) in [5, 5.41) is 19.6. The summed E-state index contributed by atoms with van der Waals surface area (Å²) in [6.45, 7) is 6.07. The molecule has 0 rings (SSSR count). The van der Waals surface area contributed by atoms with Gasteiger partial charge in [-0.3, -0.25) is 9.59 Å². The highest BCUT2D eigenvalue weighted by atomic mass is 16.6. The Morgan fingerprint density at radius 3 is 1.73 bits per heavy atom. The first-order valence-corrected chi connectivity index (χ1v) is 17.5. The molecule has 0 aromatic rings. The quantitative estimate of drug-likeness (QED) is 0.0371. The molecule has 0 bridgehead atoms. The number of rotatable bonds is 29. The van der Waals surface area contributed by atoms with Crippen molar-refractivity contribution in [3.8, 4) is 0 Å². The molecule has 0 radical (unpaired) electrons. The van der Waals surface area contributed by atoms with Gasteiger partial charge in [-0.25, -0.2) is 0 Å². The van der Waals surface area contributed by atoms with Gasteiger partial charge in [0.15, 0.2) is 6.10 Å². The van der Waals surface area contributed by atoms with Gasteiger partial charge < -0.3 is 19.7 Å². The Kier molecular flexibility index (Phi) is 30.7. The van der Waals surface area contributed by atoms with E-state index < -0.39 is 24.8 Å². The van der Waals surface area contributed by atoms with E-state index in [9.17, 15) is 19.8 Å². The third-order valence-electron chi connectivity index (χ3n) is 7.06. The number of esters is 2. The molecule has 0 fully saturated rings. The van der Waals surface area contributed by atoms with Crippen LogP contribution in [0.15, 0.2) is 72.9 Å². The van der Waals surface area contributed by atoms with Crippen molar-refractivity contribution >= 4 is 11.9 Å². The Morgan fingerprint density at radius 1 is 0.644 bits per heavy atom. The van der Waals surface area contributed by atoms with Crippen LogP contribution in [0, 0.1) is 5.92 Å². The molecular weight excluding hydrogens is 564 g/mol. The van der Waals surface area contributed by atoms with E-state index in [4.69, 9.17) is 9.47 Å². The Morgan fingerprint density at radius 2 is 1.18 bits per heavy atom. The lowest BCUT2D eigenvalue weighted by Gasteiger charge is -2.16. The Balaban J connectivity index is 3.89. The molecule has 0 aliphatic carbocycles. The van der Waals surface area contributed by atoms with Crippen molar-refractivity contribution in [3.05, 3.63) is 72.9 Å². The number of hydrogen-bond donors (Lipinski definition) is 2. The first kappa shape index (κ1) is 42.3. The molecule has 2 atom stereocenters. The third kappa shape index (κ3) is 32.5. The van der Waals surface area contributed by atoms with Crippen LogP contribution in [0.2, 0.25) is 0 Å². The zero-order valence-electron chi connectivity index (χ0n) is 28.6. The van der Waals surface area contributed by atoms with E-state index in [1.807, 2.05) is 12.2 Å². The minimum Gasteiger partial charge on any atom is -0.462 e. The number of carbonyl (C=O) groups is 2. The molecule has 0 heterocycles. The Hall–Kier alpha value is -2.70. The molecule has 0 aromatic heterocycles. The summed E-state index contributed by atoms with van der Waals surface area (Å²) in [6.07, 6.45) is 38.7. The summed E-state index contributed by atoms with van der Waals surface area (Å²) in [4.78, 5) is 24.1. The maximum absolute atomic E-state index is 12.1. The minimum atomic E-state index is -0.868. The second kappa shape index (κ2) is 32.7. The van der Waals surface area contributed by atoms with Crippen LogP contribution in [0.25, 0.3) is 0 Å². The van der Waals surface area contributed by atoms with E-state index in [0.717, 1.165) is 57.3 Å². The molecule has 6 nitrogen and oxygen atoms in total. The average molecular weight is 629 g/mol. The van der Waals surface area contributed by atoms with Gasteiger partial charge in [0.2, 0.25) is 0 Å². The van der Waals surface area contributed by atoms with Crippen LogP contribution in [-0.4, -0.2) is 47.6 Å². The fourth-order valence-corrected chi connectivity index (χ4v) is 4.38. The van der Waals surface area contributed by atoms with Crippen LogP contribution in [0.3, 0.4) is 0 Å². The largest absolute Gasteiger partial charge is 0.462 e. The highest BCUT2D eigenvalue weighted by Crippen LogP contribution is 2.13. The monoisotopic (exact) mass is 628 g/mol. The zero-order chi connectivity index (χ0) is 33.2. The Bertz CT molecular complexity index is 880. The van der Waals surface area contributed by atoms with Crippen molar-refractivity contribution < 1.29 is 29.3 Å². The van der Waals surface area contributed by atoms with Crippen molar-refractivity contribution in [1.82, 2.24) is 0 Å². The fourth-order valence-electron chi connectivity index (χ4n) is 4.38. The molecule has 0 saturated carbocycles. The lowest BCUT2D eigenvalue weighted by molar-refractivity contribution is -0.161. The Labute approximate surface area is 275 Å². The van der Waals surface area contributed by atoms with Crippen LogP contribution in [0.1, 0.15) is 130 Å². The summed E-state index contributed by atoms with van der Waals surface area (Å²) >= 11 is 0. The predicted molar refractivity (Wildman–Crippen MR) is 188 cm³/mol. The van der Waals surface area contributed by atoms with Crippen LogP contribution in [-0.2, 0) is 19.1 Å². The topological polar surface area (TPSA) is 93.1 Å². The van der Waals surface area contributed by atoms with Crippen LogP contribution >= 0.6 is 0 Å². The highest BCUT2D eigenvalue weighted by Gasteiger charge is 2.16. The van der Waals surface area contributed by atoms with Crippen molar-refractivity contribution in [2.24, 2.45) is 5.92 Å². The van der Waals surface area contributed by atoms with Gasteiger partial charge in [0, 0.05) is 12.8 Å². The van der Waals surface area contributed by atoms with E-state index in [2.05, 4.69) is 69.4 Å². The van der Waals surface area contributed by atoms with Gasteiger partial charge in [0.25, 0.3) is 0 Å². The lowest BCUT2D eigenvalue weighted by atomic mass is 10.0. The number of carbonyl (C=O) groups excluding carboxylic acids is 2. The molecule has 0 aromatic carbocycles. The third-order valence-corrected chi connectivity index (χ3v) is 7.06. The fraction of sp³-hybridized carbons (Fsp3) is 0.641. The summed E-state index contributed by atoms with van der Waals surface area (Å²) in [5.41, 5.74) is 0. The van der Waals surface area contributed by atoms with E-state index >= 15 is 0 Å². The standard InChI is InChI=1S/C39H64O6/c1-4-5-6-7-8-9-10-11-12-13-14-15-16-20-23-26-29-36(41)31-32-38(42)44-34-37(33-40)45-39(43)30-27-24-21-18-17-19-22-25-28-35(2)3/h5-6,8-9,11-12,14-15,20,23,26,29,35-37,40-41H,4,7,10,13,16-19,21-22,24-25,27-28,30-34H2,1-3H3/b6-5-,9-8-,12-11-,15-14-,23-20-,29-26-/t36?,37-/m0/s1. The van der Waals surface area contributed by atoms with Crippen molar-refractivity contribution in [2.45, 2.75) is 142 Å². The van der Waals surface area contributed by atoms with Crippen LogP contribution in [0.4, 0.5) is 0 Å². The summed E-state index contributed by atoms with van der Waals surface area (Å²) in [6, 6.07) is 0. The van der Waals surface area contributed by atoms with Gasteiger partial charge in [-0.2, -0.15) is 0 Å². The minimum absolute atomic E-state index is 0.0288. The summed E-state index contributed by atoms with van der Waals surface area (Å²) < 4.78 is 10.4. The molecule has 0 aliphatic rings. The first-order valence-electron chi connectivity index (χ1n) is 17.5. The smallest absolute Gasteiger partial charge is 0.306 e. The van der Waals surface area contributed by atoms with Gasteiger partial charge >= 0.3 is 11.9 Å². The molecule has 45 heavy (non-hydrogen) atoms. The lowest BCUT2D eigenvalue weighted by Crippen LogP contribution is -2.28. The second-order valence-electron chi connectivity index (χ2n) is 11.9. The van der Waals surface area contributed by atoms with Gasteiger partial charge in [0.1, 0.15) is 6.61 Å².